The third-order valence-corrected chi connectivity index (χ3v) is 2.90. The zero-order valence-electron chi connectivity index (χ0n) is 9.50. The van der Waals surface area contributed by atoms with Crippen LogP contribution in [-0.4, -0.2) is 36.7 Å². The predicted octanol–water partition coefficient (Wildman–Crippen LogP) is 0.607. The lowest BCUT2D eigenvalue weighted by atomic mass is 10.2. The summed E-state index contributed by atoms with van der Waals surface area (Å²) in [6.45, 7) is 1.72. The van der Waals surface area contributed by atoms with Gasteiger partial charge in [-0.05, 0) is 18.6 Å². The third kappa shape index (κ3) is 3.35. The summed E-state index contributed by atoms with van der Waals surface area (Å²) in [6.07, 6.45) is 0. The molecule has 1 aromatic heterocycles. The number of thiophene rings is 1. The molecule has 5 heteroatoms. The number of nitrogens with one attached hydrogen (secondary N) is 1. The average Bonchev–Trinajstić information content (AvgIpc) is 2.56. The van der Waals surface area contributed by atoms with Crippen molar-refractivity contribution in [3.05, 3.63) is 21.4 Å². The quantitative estimate of drug-likeness (QED) is 0.586. The molecule has 16 heavy (non-hydrogen) atoms. The molecule has 1 aromatic rings. The van der Waals surface area contributed by atoms with Gasteiger partial charge in [-0.25, -0.2) is 5.01 Å². The predicted molar refractivity (Wildman–Crippen MR) is 64.2 cm³/mol. The Morgan fingerprint density at radius 2 is 2.31 bits per heavy atom. The molecule has 0 aliphatic heterocycles. The molecule has 4 nitrogen and oxygen atoms in total. The summed E-state index contributed by atoms with van der Waals surface area (Å²) in [4.78, 5) is 13.1. The van der Waals surface area contributed by atoms with Gasteiger partial charge in [0.05, 0.1) is 9.75 Å². The summed E-state index contributed by atoms with van der Waals surface area (Å²) in [7, 11) is 3.51. The maximum absolute atomic E-state index is 11.7. The van der Waals surface area contributed by atoms with Gasteiger partial charge in [-0.1, -0.05) is 11.8 Å². The van der Waals surface area contributed by atoms with Crippen LogP contribution in [0.4, 0.5) is 0 Å². The Kier molecular flexibility index (Phi) is 4.50. The van der Waals surface area contributed by atoms with Crippen molar-refractivity contribution in [2.75, 3.05) is 20.7 Å². The average molecular weight is 238 g/mol. The van der Waals surface area contributed by atoms with Crippen LogP contribution in [0, 0.1) is 18.8 Å². The van der Waals surface area contributed by atoms with Gasteiger partial charge in [0.15, 0.2) is 0 Å². The van der Waals surface area contributed by atoms with Crippen molar-refractivity contribution < 1.29 is 9.90 Å². The lowest BCUT2D eigenvalue weighted by molar-refractivity contribution is 0.0861. The largest absolute Gasteiger partial charge is 0.384 e. The third-order valence-electron chi connectivity index (χ3n) is 1.75. The fourth-order valence-electron chi connectivity index (χ4n) is 1.10. The van der Waals surface area contributed by atoms with Gasteiger partial charge in [0.1, 0.15) is 6.61 Å². The van der Waals surface area contributed by atoms with Crippen LogP contribution in [0.3, 0.4) is 0 Å². The summed E-state index contributed by atoms with van der Waals surface area (Å²) in [5, 5.41) is 10.2. The summed E-state index contributed by atoms with van der Waals surface area (Å²) >= 11 is 1.33. The number of nitrogens with zero attached hydrogens (tertiary/aromatic N) is 1. The molecule has 0 saturated carbocycles. The molecular weight excluding hydrogens is 224 g/mol. The highest BCUT2D eigenvalue weighted by atomic mass is 32.1. The van der Waals surface area contributed by atoms with Crippen LogP contribution in [0.15, 0.2) is 6.07 Å². The zero-order chi connectivity index (χ0) is 12.1. The number of aliphatic hydroxyl groups is 1. The van der Waals surface area contributed by atoms with E-state index in [1.807, 2.05) is 6.92 Å². The van der Waals surface area contributed by atoms with Crippen LogP contribution in [0.2, 0.25) is 0 Å². The number of amides is 1. The molecule has 0 saturated heterocycles. The van der Waals surface area contributed by atoms with Crippen molar-refractivity contribution in [1.29, 1.82) is 0 Å². The molecule has 2 N–H and O–H groups in total. The molecule has 0 atom stereocenters. The molecule has 1 rings (SSSR count). The van der Waals surface area contributed by atoms with E-state index < -0.39 is 0 Å². The minimum absolute atomic E-state index is 0.143. The first-order valence-electron chi connectivity index (χ1n) is 4.73. The molecule has 0 aliphatic carbocycles. The highest BCUT2D eigenvalue weighted by Crippen LogP contribution is 2.20. The summed E-state index contributed by atoms with van der Waals surface area (Å²) in [6, 6.07) is 1.80. The Bertz CT molecular complexity index is 441. The number of rotatable bonds is 2. The van der Waals surface area contributed by atoms with E-state index in [9.17, 15) is 4.79 Å². The number of carbonyl (C=O) groups excluding carboxylic acids is 1. The first-order valence-corrected chi connectivity index (χ1v) is 5.54. The number of hydrogen-bond acceptors (Lipinski definition) is 4. The van der Waals surface area contributed by atoms with E-state index in [-0.39, 0.29) is 12.5 Å². The van der Waals surface area contributed by atoms with Crippen LogP contribution in [-0.2, 0) is 0 Å². The van der Waals surface area contributed by atoms with Gasteiger partial charge in [0.25, 0.3) is 5.91 Å². The molecule has 0 unspecified atom stereocenters. The Morgan fingerprint density at radius 1 is 1.62 bits per heavy atom. The number of aliphatic hydroxyl groups excluding tert-OH is 1. The second-order valence-electron chi connectivity index (χ2n) is 3.42. The zero-order valence-corrected chi connectivity index (χ0v) is 10.3. The van der Waals surface area contributed by atoms with Crippen LogP contribution >= 0.6 is 11.3 Å². The van der Waals surface area contributed by atoms with E-state index in [4.69, 9.17) is 5.11 Å². The van der Waals surface area contributed by atoms with Crippen LogP contribution < -0.4 is 5.43 Å². The van der Waals surface area contributed by atoms with Crippen molar-refractivity contribution in [2.45, 2.75) is 6.92 Å². The first kappa shape index (κ1) is 12.7. The fourth-order valence-corrected chi connectivity index (χ4v) is 2.03. The SMILES string of the molecule is Cc1cc(C(=O)NN(C)C)sc1C#CCO. The number of hydrogen-bond donors (Lipinski definition) is 2. The smallest absolute Gasteiger partial charge is 0.275 e. The van der Waals surface area contributed by atoms with Crippen LogP contribution in [0.1, 0.15) is 20.1 Å². The number of aryl methyl sites for hydroxylation is 1. The molecule has 0 radical (unpaired) electrons. The molecule has 1 heterocycles. The Hall–Kier alpha value is -1.35. The van der Waals surface area contributed by atoms with E-state index in [1.54, 1.807) is 25.2 Å². The highest BCUT2D eigenvalue weighted by Gasteiger charge is 2.11. The monoisotopic (exact) mass is 238 g/mol. The maximum Gasteiger partial charge on any atom is 0.275 e. The van der Waals surface area contributed by atoms with Gasteiger partial charge in [0.2, 0.25) is 0 Å². The molecule has 0 bridgehead atoms. The number of hydrazine groups is 1. The molecule has 0 spiro atoms. The Morgan fingerprint density at radius 3 is 2.88 bits per heavy atom. The van der Waals surface area contributed by atoms with Crippen molar-refractivity contribution >= 4 is 17.2 Å². The molecule has 0 fully saturated rings. The molecule has 1 amide bonds. The summed E-state index contributed by atoms with van der Waals surface area (Å²) < 4.78 is 0. The van der Waals surface area contributed by atoms with E-state index >= 15 is 0 Å². The standard InChI is InChI=1S/C11H14N2O2S/c1-8-7-10(11(15)12-13(2)3)16-9(8)5-4-6-14/h7,14H,6H2,1-3H3,(H,12,15). The second-order valence-corrected chi connectivity index (χ2v) is 4.47. The van der Waals surface area contributed by atoms with Gasteiger partial charge >= 0.3 is 0 Å². The van der Waals surface area contributed by atoms with Crippen molar-refractivity contribution in [3.63, 3.8) is 0 Å². The first-order chi connectivity index (χ1) is 7.54. The Labute approximate surface area is 98.9 Å². The van der Waals surface area contributed by atoms with E-state index in [0.717, 1.165) is 10.4 Å². The van der Waals surface area contributed by atoms with E-state index in [0.29, 0.717) is 4.88 Å². The van der Waals surface area contributed by atoms with Crippen molar-refractivity contribution in [1.82, 2.24) is 10.4 Å². The van der Waals surface area contributed by atoms with Gasteiger partial charge in [-0.15, -0.1) is 11.3 Å². The van der Waals surface area contributed by atoms with Gasteiger partial charge in [-0.3, -0.25) is 10.2 Å². The summed E-state index contributed by atoms with van der Waals surface area (Å²) in [5.74, 6) is 5.24. The van der Waals surface area contributed by atoms with Crippen LogP contribution in [0.25, 0.3) is 0 Å². The van der Waals surface area contributed by atoms with Crippen LogP contribution in [0.5, 0.6) is 0 Å². The minimum Gasteiger partial charge on any atom is -0.384 e. The van der Waals surface area contributed by atoms with E-state index in [2.05, 4.69) is 17.3 Å². The lowest BCUT2D eigenvalue weighted by Gasteiger charge is -2.09. The van der Waals surface area contributed by atoms with Gasteiger partial charge in [0, 0.05) is 14.1 Å². The van der Waals surface area contributed by atoms with E-state index in [1.165, 1.54) is 11.3 Å². The van der Waals surface area contributed by atoms with Gasteiger partial charge in [-0.2, -0.15) is 0 Å². The topological polar surface area (TPSA) is 52.6 Å². The normalized spacial score (nSPS) is 9.81. The highest BCUT2D eigenvalue weighted by molar-refractivity contribution is 7.14. The molecule has 0 aromatic carbocycles. The molecule has 86 valence electrons. The van der Waals surface area contributed by atoms with Crippen molar-refractivity contribution in [3.8, 4) is 11.8 Å². The Balaban J connectivity index is 2.88. The summed E-state index contributed by atoms with van der Waals surface area (Å²) in [5.41, 5.74) is 3.62. The molecular formula is C11H14N2O2S. The van der Waals surface area contributed by atoms with Gasteiger partial charge < -0.3 is 5.11 Å². The molecule has 0 aliphatic rings. The minimum atomic E-state index is -0.170. The fraction of sp³-hybridized carbons (Fsp3) is 0.364. The van der Waals surface area contributed by atoms with Crippen molar-refractivity contribution in [2.24, 2.45) is 0 Å². The second kappa shape index (κ2) is 5.66. The lowest BCUT2D eigenvalue weighted by Crippen LogP contribution is -2.35. The maximum atomic E-state index is 11.7. The number of carbonyl (C=O) groups is 1.